The maximum Gasteiger partial charge on any atom is 0.168 e. The summed E-state index contributed by atoms with van der Waals surface area (Å²) in [5.74, 6) is 2.85. The van der Waals surface area contributed by atoms with Crippen LogP contribution in [0.25, 0.3) is 0 Å². The maximum absolute atomic E-state index is 4.51. The van der Waals surface area contributed by atoms with Gasteiger partial charge in [0.05, 0.1) is 12.1 Å². The summed E-state index contributed by atoms with van der Waals surface area (Å²) in [6.07, 6.45) is 5.04. The van der Waals surface area contributed by atoms with E-state index in [2.05, 4.69) is 48.5 Å². The van der Waals surface area contributed by atoms with E-state index in [1.807, 2.05) is 4.68 Å². The van der Waals surface area contributed by atoms with Gasteiger partial charge in [0.1, 0.15) is 0 Å². The number of anilines is 1. The van der Waals surface area contributed by atoms with E-state index in [1.165, 1.54) is 31.4 Å². The second kappa shape index (κ2) is 5.54. The van der Waals surface area contributed by atoms with Crippen LogP contribution in [0, 0.1) is 0 Å². The van der Waals surface area contributed by atoms with E-state index in [0.29, 0.717) is 6.04 Å². The fourth-order valence-corrected chi connectivity index (χ4v) is 3.65. The lowest BCUT2D eigenvalue weighted by atomic mass is 10.2. The molecule has 0 aromatic carbocycles. The van der Waals surface area contributed by atoms with Crippen molar-refractivity contribution in [2.75, 3.05) is 31.1 Å². The molecule has 0 amide bonds. The van der Waals surface area contributed by atoms with E-state index in [-0.39, 0.29) is 6.04 Å². The minimum atomic E-state index is 0.268. The van der Waals surface area contributed by atoms with Crippen LogP contribution in [0.2, 0.25) is 0 Å². The molecule has 0 spiro atoms. The molecular weight excluding hydrogens is 304 g/mol. The second-order valence-electron chi connectivity index (χ2n) is 7.37. The molecule has 8 nitrogen and oxygen atoms in total. The van der Waals surface area contributed by atoms with E-state index < -0.39 is 0 Å². The van der Waals surface area contributed by atoms with Gasteiger partial charge in [-0.25, -0.2) is 4.68 Å². The van der Waals surface area contributed by atoms with E-state index in [4.69, 9.17) is 0 Å². The average Bonchev–Trinajstić information content (AvgIpc) is 3.55. The third-order valence-electron chi connectivity index (χ3n) is 5.57. The number of nitrogens with zero attached hydrogens (tertiary/aromatic N) is 7. The Kier molecular flexibility index (Phi) is 3.32. The van der Waals surface area contributed by atoms with Crippen molar-refractivity contribution < 1.29 is 0 Å². The third-order valence-corrected chi connectivity index (χ3v) is 5.57. The van der Waals surface area contributed by atoms with Crippen LogP contribution >= 0.6 is 0 Å². The Morgan fingerprint density at radius 3 is 2.62 bits per heavy atom. The molecule has 0 radical (unpaired) electrons. The van der Waals surface area contributed by atoms with Crippen molar-refractivity contribution in [2.24, 2.45) is 0 Å². The number of tetrazole rings is 1. The first kappa shape index (κ1) is 14.4. The molecule has 1 aliphatic heterocycles. The quantitative estimate of drug-likeness (QED) is 0.896. The Bertz CT molecular complexity index is 705. The van der Waals surface area contributed by atoms with Crippen molar-refractivity contribution >= 4 is 5.82 Å². The van der Waals surface area contributed by atoms with Gasteiger partial charge in [-0.1, -0.05) is 0 Å². The predicted molar refractivity (Wildman–Crippen MR) is 88.9 cm³/mol. The smallest absolute Gasteiger partial charge is 0.168 e. The van der Waals surface area contributed by atoms with E-state index in [1.54, 1.807) is 0 Å². The zero-order valence-electron chi connectivity index (χ0n) is 14.1. The van der Waals surface area contributed by atoms with Gasteiger partial charge in [0.25, 0.3) is 0 Å². The largest absolute Gasteiger partial charge is 0.353 e. The lowest BCUT2D eigenvalue weighted by Gasteiger charge is -2.37. The molecular formula is C16H24N8. The second-order valence-corrected chi connectivity index (χ2v) is 7.37. The summed E-state index contributed by atoms with van der Waals surface area (Å²) in [5, 5.41) is 20.1. The predicted octanol–water partition coefficient (Wildman–Crippen LogP) is 1.49. The van der Waals surface area contributed by atoms with Crippen molar-refractivity contribution in [3.8, 4) is 0 Å². The highest BCUT2D eigenvalue weighted by atomic mass is 15.6. The van der Waals surface area contributed by atoms with E-state index in [9.17, 15) is 0 Å². The van der Waals surface area contributed by atoms with Crippen molar-refractivity contribution in [3.05, 3.63) is 17.6 Å². The van der Waals surface area contributed by atoms with Gasteiger partial charge >= 0.3 is 0 Å². The summed E-state index contributed by atoms with van der Waals surface area (Å²) in [7, 11) is 0. The normalized spacial score (nSPS) is 23.6. The number of hydrogen-bond donors (Lipinski definition) is 1. The molecule has 1 saturated heterocycles. The summed E-state index contributed by atoms with van der Waals surface area (Å²) in [6.45, 7) is 6.27. The first-order chi connectivity index (χ1) is 11.8. The van der Waals surface area contributed by atoms with Gasteiger partial charge in [-0.3, -0.25) is 10.00 Å². The molecule has 0 bridgehead atoms. The van der Waals surface area contributed by atoms with E-state index in [0.717, 1.165) is 43.7 Å². The summed E-state index contributed by atoms with van der Waals surface area (Å²) < 4.78 is 2.03. The molecule has 24 heavy (non-hydrogen) atoms. The molecule has 3 aliphatic rings. The zero-order chi connectivity index (χ0) is 16.1. The summed E-state index contributed by atoms with van der Waals surface area (Å²) >= 11 is 0. The summed E-state index contributed by atoms with van der Waals surface area (Å²) in [6, 6.07) is 3.04. The van der Waals surface area contributed by atoms with Crippen molar-refractivity contribution in [2.45, 2.75) is 50.6 Å². The molecule has 2 saturated carbocycles. The van der Waals surface area contributed by atoms with Gasteiger partial charge in [0.2, 0.25) is 0 Å². The number of hydrogen-bond acceptors (Lipinski definition) is 6. The molecule has 8 heteroatoms. The lowest BCUT2D eigenvalue weighted by molar-refractivity contribution is 0.186. The molecule has 3 fully saturated rings. The molecule has 5 rings (SSSR count). The van der Waals surface area contributed by atoms with Gasteiger partial charge in [0.15, 0.2) is 11.6 Å². The Labute approximate surface area is 141 Å². The van der Waals surface area contributed by atoms with Gasteiger partial charge in [-0.2, -0.15) is 5.10 Å². The van der Waals surface area contributed by atoms with Crippen molar-refractivity contribution in [3.63, 3.8) is 0 Å². The number of piperazine rings is 1. The van der Waals surface area contributed by atoms with Gasteiger partial charge in [0, 0.05) is 43.9 Å². The van der Waals surface area contributed by atoms with Crippen LogP contribution in [0.15, 0.2) is 6.07 Å². The number of H-pyrrole nitrogens is 1. The fourth-order valence-electron chi connectivity index (χ4n) is 3.65. The number of aromatic amines is 1. The Morgan fingerprint density at radius 1 is 1.12 bits per heavy atom. The lowest BCUT2D eigenvalue weighted by Crippen LogP contribution is -2.47. The summed E-state index contributed by atoms with van der Waals surface area (Å²) in [5.41, 5.74) is 1.31. The van der Waals surface area contributed by atoms with Crippen molar-refractivity contribution in [1.29, 1.82) is 0 Å². The molecule has 2 aromatic rings. The number of aromatic nitrogens is 6. The molecule has 1 atom stereocenters. The fraction of sp³-hybridized carbons (Fsp3) is 0.750. The van der Waals surface area contributed by atoms with Crippen LogP contribution in [0.4, 0.5) is 5.82 Å². The first-order valence-electron chi connectivity index (χ1n) is 9.11. The summed E-state index contributed by atoms with van der Waals surface area (Å²) in [4.78, 5) is 4.87. The van der Waals surface area contributed by atoms with Gasteiger partial charge < -0.3 is 4.90 Å². The highest BCUT2D eigenvalue weighted by Gasteiger charge is 2.33. The third kappa shape index (κ3) is 2.58. The molecule has 2 aromatic heterocycles. The standard InChI is InChI=1S/C16H24N8/c1-11(16-19-20-21-24(16)13-4-5-13)22-6-8-23(9-7-22)15-10-14(17-18-15)12-2-3-12/h10-13H,2-9H2,1H3,(H,17,18). The van der Waals surface area contributed by atoms with E-state index >= 15 is 0 Å². The van der Waals surface area contributed by atoms with Crippen LogP contribution in [0.5, 0.6) is 0 Å². The van der Waals surface area contributed by atoms with Crippen molar-refractivity contribution in [1.82, 2.24) is 35.3 Å². The topological polar surface area (TPSA) is 78.8 Å². The minimum absolute atomic E-state index is 0.268. The highest BCUT2D eigenvalue weighted by molar-refractivity contribution is 5.41. The van der Waals surface area contributed by atoms with Crippen LogP contribution in [-0.4, -0.2) is 61.5 Å². The Morgan fingerprint density at radius 2 is 1.92 bits per heavy atom. The van der Waals surface area contributed by atoms with Gasteiger partial charge in [-0.15, -0.1) is 5.10 Å². The zero-order valence-corrected chi connectivity index (χ0v) is 14.1. The van der Waals surface area contributed by atoms with Gasteiger partial charge in [-0.05, 0) is 43.0 Å². The SMILES string of the molecule is CC(c1nnnn1C1CC1)N1CCN(c2cc(C3CC3)[nH]n2)CC1. The highest BCUT2D eigenvalue weighted by Crippen LogP contribution is 2.40. The molecule has 1 unspecified atom stereocenters. The Hall–Kier alpha value is -1.96. The molecule has 128 valence electrons. The maximum atomic E-state index is 4.51. The molecule has 1 N–H and O–H groups in total. The molecule has 3 heterocycles. The minimum Gasteiger partial charge on any atom is -0.353 e. The monoisotopic (exact) mass is 328 g/mol. The van der Waals surface area contributed by atoms with Crippen LogP contribution in [0.1, 0.15) is 62.1 Å². The van der Waals surface area contributed by atoms with Crippen LogP contribution in [-0.2, 0) is 0 Å². The molecule has 2 aliphatic carbocycles. The van der Waals surface area contributed by atoms with Crippen LogP contribution in [0.3, 0.4) is 0 Å². The van der Waals surface area contributed by atoms with Crippen LogP contribution < -0.4 is 4.90 Å². The number of rotatable bonds is 5. The average molecular weight is 328 g/mol. The Balaban J connectivity index is 1.23. The first-order valence-corrected chi connectivity index (χ1v) is 9.11. The number of nitrogens with one attached hydrogen (secondary N) is 1.